The molecule has 0 aliphatic heterocycles. The molecule has 0 fully saturated rings. The van der Waals surface area contributed by atoms with E-state index in [-0.39, 0.29) is 12.5 Å². The molecule has 0 aromatic carbocycles. The van der Waals surface area contributed by atoms with Gasteiger partial charge >= 0.3 is 0 Å². The third kappa shape index (κ3) is 2.97. The Morgan fingerprint density at radius 1 is 1.40 bits per heavy atom. The molecule has 1 amide bonds. The van der Waals surface area contributed by atoms with Crippen molar-refractivity contribution in [3.05, 3.63) is 29.7 Å². The molecule has 0 saturated carbocycles. The van der Waals surface area contributed by atoms with Gasteiger partial charge in [0.05, 0.1) is 18.5 Å². The fourth-order valence-electron chi connectivity index (χ4n) is 1.48. The van der Waals surface area contributed by atoms with Crippen molar-refractivity contribution >= 4 is 17.7 Å². The van der Waals surface area contributed by atoms with Crippen LogP contribution in [-0.2, 0) is 13.7 Å². The van der Waals surface area contributed by atoms with E-state index in [2.05, 4.69) is 15.2 Å². The van der Waals surface area contributed by atoms with Crippen LogP contribution in [0.2, 0.25) is 0 Å². The van der Waals surface area contributed by atoms with Crippen LogP contribution >= 0.6 is 11.8 Å². The number of aromatic nitrogens is 4. The Morgan fingerprint density at radius 3 is 2.65 bits per heavy atom. The fraction of sp³-hybridized carbons (Fsp3) is 0.333. The second kappa shape index (κ2) is 6.02. The van der Waals surface area contributed by atoms with Crippen molar-refractivity contribution in [1.82, 2.24) is 24.6 Å². The predicted molar refractivity (Wildman–Crippen MR) is 73.3 cm³/mol. The van der Waals surface area contributed by atoms with Crippen LogP contribution in [0, 0.1) is 0 Å². The van der Waals surface area contributed by atoms with Crippen molar-refractivity contribution in [2.75, 3.05) is 14.1 Å². The third-order valence-corrected chi connectivity index (χ3v) is 3.65. The van der Waals surface area contributed by atoms with Gasteiger partial charge in [0.2, 0.25) is 0 Å². The first-order chi connectivity index (χ1) is 9.52. The number of hydrogen-bond acceptors (Lipinski definition) is 6. The molecule has 7 nitrogen and oxygen atoms in total. The molecule has 0 aliphatic rings. The first-order valence-electron chi connectivity index (χ1n) is 5.87. The Balaban J connectivity index is 2.14. The Labute approximate surface area is 120 Å². The van der Waals surface area contributed by atoms with Gasteiger partial charge in [0.1, 0.15) is 5.03 Å². The quantitative estimate of drug-likeness (QED) is 0.886. The summed E-state index contributed by atoms with van der Waals surface area (Å²) in [4.78, 5) is 17.3. The van der Waals surface area contributed by atoms with E-state index in [0.717, 1.165) is 5.69 Å². The lowest BCUT2D eigenvalue weighted by atomic mass is 10.3. The summed E-state index contributed by atoms with van der Waals surface area (Å²) in [5.41, 5.74) is 1.02. The molecule has 0 unspecified atom stereocenters. The van der Waals surface area contributed by atoms with Gasteiger partial charge in [-0.3, -0.25) is 4.79 Å². The summed E-state index contributed by atoms with van der Waals surface area (Å²) in [5.74, 6) is -0.186. The monoisotopic (exact) mass is 293 g/mol. The Hall–Kier alpha value is -1.93. The summed E-state index contributed by atoms with van der Waals surface area (Å²) in [6, 6.07) is 3.36. The van der Waals surface area contributed by atoms with Crippen LogP contribution in [0.25, 0.3) is 0 Å². The maximum atomic E-state index is 11.7. The third-order valence-electron chi connectivity index (χ3n) is 2.66. The number of aliphatic hydroxyl groups is 1. The molecule has 0 aliphatic carbocycles. The minimum absolute atomic E-state index is 0.0635. The van der Waals surface area contributed by atoms with Crippen molar-refractivity contribution < 1.29 is 9.90 Å². The minimum atomic E-state index is -0.186. The molecule has 0 radical (unpaired) electrons. The zero-order valence-electron chi connectivity index (χ0n) is 11.4. The molecule has 2 rings (SSSR count). The molecule has 2 aromatic heterocycles. The van der Waals surface area contributed by atoms with Gasteiger partial charge in [-0.2, -0.15) is 0 Å². The van der Waals surface area contributed by atoms with Crippen LogP contribution in [-0.4, -0.2) is 49.8 Å². The van der Waals surface area contributed by atoms with E-state index in [0.29, 0.717) is 15.9 Å². The highest BCUT2D eigenvalue weighted by Gasteiger charge is 2.12. The predicted octanol–water partition coefficient (Wildman–Crippen LogP) is 0.555. The number of amides is 1. The maximum absolute atomic E-state index is 11.7. The molecule has 1 N–H and O–H groups in total. The van der Waals surface area contributed by atoms with Gasteiger partial charge in [0.25, 0.3) is 5.91 Å². The Kier molecular flexibility index (Phi) is 4.35. The molecule has 106 valence electrons. The zero-order chi connectivity index (χ0) is 14.7. The van der Waals surface area contributed by atoms with E-state index in [9.17, 15) is 4.79 Å². The van der Waals surface area contributed by atoms with E-state index in [4.69, 9.17) is 5.11 Å². The fourth-order valence-corrected chi connectivity index (χ4v) is 2.24. The number of nitrogens with zero attached hydrogens (tertiary/aromatic N) is 5. The number of carbonyl (C=O) groups is 1. The second-order valence-electron chi connectivity index (χ2n) is 4.31. The van der Waals surface area contributed by atoms with Gasteiger partial charge in [-0.25, -0.2) is 4.98 Å². The van der Waals surface area contributed by atoms with Gasteiger partial charge < -0.3 is 14.6 Å². The summed E-state index contributed by atoms with van der Waals surface area (Å²) in [5, 5.41) is 18.4. The van der Waals surface area contributed by atoms with Crippen LogP contribution in [0.4, 0.5) is 0 Å². The molecule has 8 heteroatoms. The van der Waals surface area contributed by atoms with Crippen LogP contribution in [0.3, 0.4) is 0 Å². The van der Waals surface area contributed by atoms with E-state index < -0.39 is 0 Å². The smallest absolute Gasteiger partial charge is 0.273 e. The average molecular weight is 293 g/mol. The molecule has 0 atom stereocenters. The standard InChI is InChI=1S/C12H15N5O2S/c1-16(2)11(19)9-4-5-10(15-14-9)20-12-13-6-8(7-18)17(12)3/h4-6,18H,7H2,1-3H3. The average Bonchev–Trinajstić information content (AvgIpc) is 2.79. The number of imidazole rings is 1. The number of carbonyl (C=O) groups excluding carboxylic acids is 1. The molecule has 0 spiro atoms. The molecular weight excluding hydrogens is 278 g/mol. The topological polar surface area (TPSA) is 84.1 Å². The van der Waals surface area contributed by atoms with Crippen molar-refractivity contribution in [1.29, 1.82) is 0 Å². The normalized spacial score (nSPS) is 10.6. The molecule has 20 heavy (non-hydrogen) atoms. The SMILES string of the molecule is CN(C)C(=O)c1ccc(Sc2ncc(CO)n2C)nn1. The van der Waals surface area contributed by atoms with Gasteiger partial charge in [0, 0.05) is 21.1 Å². The van der Waals surface area contributed by atoms with Crippen LogP contribution < -0.4 is 0 Å². The summed E-state index contributed by atoms with van der Waals surface area (Å²) in [6.07, 6.45) is 1.61. The Bertz CT molecular complexity index is 609. The van der Waals surface area contributed by atoms with Gasteiger partial charge in [-0.1, -0.05) is 0 Å². The lowest BCUT2D eigenvalue weighted by Gasteiger charge is -2.08. The first kappa shape index (κ1) is 14.5. The van der Waals surface area contributed by atoms with Gasteiger partial charge in [0.15, 0.2) is 10.9 Å². The van der Waals surface area contributed by atoms with Crippen LogP contribution in [0.15, 0.2) is 28.5 Å². The van der Waals surface area contributed by atoms with Crippen LogP contribution in [0.1, 0.15) is 16.2 Å². The van der Waals surface area contributed by atoms with E-state index in [1.165, 1.54) is 16.7 Å². The highest BCUT2D eigenvalue weighted by atomic mass is 32.2. The minimum Gasteiger partial charge on any atom is -0.390 e. The highest BCUT2D eigenvalue weighted by molar-refractivity contribution is 7.99. The largest absolute Gasteiger partial charge is 0.390 e. The van der Waals surface area contributed by atoms with Crippen molar-refractivity contribution in [2.24, 2.45) is 7.05 Å². The lowest BCUT2D eigenvalue weighted by molar-refractivity contribution is 0.0820. The summed E-state index contributed by atoms with van der Waals surface area (Å²) >= 11 is 1.32. The molecule has 2 aromatic rings. The van der Waals surface area contributed by atoms with E-state index in [1.54, 1.807) is 37.0 Å². The summed E-state index contributed by atoms with van der Waals surface area (Å²) < 4.78 is 1.78. The first-order valence-corrected chi connectivity index (χ1v) is 6.69. The zero-order valence-corrected chi connectivity index (χ0v) is 12.3. The maximum Gasteiger partial charge on any atom is 0.273 e. The molecule has 0 bridgehead atoms. The van der Waals surface area contributed by atoms with Crippen LogP contribution in [0.5, 0.6) is 0 Å². The lowest BCUT2D eigenvalue weighted by Crippen LogP contribution is -2.23. The van der Waals surface area contributed by atoms with E-state index >= 15 is 0 Å². The van der Waals surface area contributed by atoms with Gasteiger partial charge in [-0.15, -0.1) is 10.2 Å². The molecule has 0 saturated heterocycles. The van der Waals surface area contributed by atoms with E-state index in [1.807, 2.05) is 7.05 Å². The Morgan fingerprint density at radius 2 is 2.15 bits per heavy atom. The summed E-state index contributed by atoms with van der Waals surface area (Å²) in [6.45, 7) is -0.0635. The van der Waals surface area contributed by atoms with Crippen molar-refractivity contribution in [2.45, 2.75) is 16.8 Å². The molecule has 2 heterocycles. The molecular formula is C12H15N5O2S. The highest BCUT2D eigenvalue weighted by Crippen LogP contribution is 2.24. The van der Waals surface area contributed by atoms with Crippen molar-refractivity contribution in [3.8, 4) is 0 Å². The van der Waals surface area contributed by atoms with Crippen molar-refractivity contribution in [3.63, 3.8) is 0 Å². The summed E-state index contributed by atoms with van der Waals surface area (Å²) in [7, 11) is 5.15. The number of aliphatic hydroxyl groups excluding tert-OH is 1. The number of rotatable bonds is 4. The number of hydrogen-bond donors (Lipinski definition) is 1. The van der Waals surface area contributed by atoms with Gasteiger partial charge in [-0.05, 0) is 23.9 Å². The second-order valence-corrected chi connectivity index (χ2v) is 5.30.